The normalized spacial score (nSPS) is 11.8. The Hall–Kier alpha value is -2.59. The van der Waals surface area contributed by atoms with Gasteiger partial charge in [0.25, 0.3) is 0 Å². The predicted octanol–water partition coefficient (Wildman–Crippen LogP) is 6.46. The molecule has 0 aliphatic rings. The summed E-state index contributed by atoms with van der Waals surface area (Å²) in [7, 11) is 0. The number of benzene rings is 2. The van der Waals surface area contributed by atoms with Gasteiger partial charge in [-0.15, -0.1) is 11.3 Å². The second-order valence-electron chi connectivity index (χ2n) is 8.40. The van der Waals surface area contributed by atoms with E-state index in [0.29, 0.717) is 6.61 Å². The molecule has 2 aromatic carbocycles. The topological polar surface area (TPSA) is 27.1 Å². The highest BCUT2D eigenvalue weighted by molar-refractivity contribution is 7.09. The molecule has 4 aromatic rings. The second-order valence-corrected chi connectivity index (χ2v) is 9.43. The quantitative estimate of drug-likeness (QED) is 0.331. The van der Waals surface area contributed by atoms with Crippen molar-refractivity contribution < 1.29 is 4.74 Å². The number of aryl methyl sites for hydroxylation is 1. The lowest BCUT2D eigenvalue weighted by Crippen LogP contribution is -2.11. The lowest BCUT2D eigenvalue weighted by atomic mass is 9.87. The molecule has 0 N–H and O–H groups in total. The molecule has 0 saturated carbocycles. The fourth-order valence-corrected chi connectivity index (χ4v) is 4.24. The van der Waals surface area contributed by atoms with Gasteiger partial charge in [-0.1, -0.05) is 51.1 Å². The van der Waals surface area contributed by atoms with Crippen LogP contribution >= 0.6 is 11.3 Å². The van der Waals surface area contributed by atoms with Gasteiger partial charge in [-0.25, -0.2) is 4.98 Å². The van der Waals surface area contributed by atoms with Crippen LogP contribution in [0.4, 0.5) is 0 Å². The molecule has 0 aliphatic heterocycles. The van der Waals surface area contributed by atoms with Crippen molar-refractivity contribution >= 4 is 22.4 Å². The summed E-state index contributed by atoms with van der Waals surface area (Å²) in [6.45, 7) is 8.28. The molecule has 29 heavy (non-hydrogen) atoms. The highest BCUT2D eigenvalue weighted by atomic mass is 32.1. The SMILES string of the molecule is CC(C)(C)c1ccc(OCCCn2c(Cc3cccs3)nc3ccccc32)cc1. The van der Waals surface area contributed by atoms with Gasteiger partial charge in [0.1, 0.15) is 11.6 Å². The predicted molar refractivity (Wildman–Crippen MR) is 122 cm³/mol. The fourth-order valence-electron chi connectivity index (χ4n) is 3.54. The van der Waals surface area contributed by atoms with Crippen LogP contribution < -0.4 is 4.74 Å². The lowest BCUT2D eigenvalue weighted by molar-refractivity contribution is 0.301. The Morgan fingerprint density at radius 3 is 2.48 bits per heavy atom. The largest absolute Gasteiger partial charge is 0.494 e. The van der Waals surface area contributed by atoms with E-state index in [9.17, 15) is 0 Å². The minimum atomic E-state index is 0.167. The van der Waals surface area contributed by atoms with Crippen LogP contribution in [0.5, 0.6) is 5.75 Å². The minimum absolute atomic E-state index is 0.167. The van der Waals surface area contributed by atoms with Crippen LogP contribution in [0.15, 0.2) is 66.0 Å². The van der Waals surface area contributed by atoms with Gasteiger partial charge in [-0.2, -0.15) is 0 Å². The average molecular weight is 405 g/mol. The van der Waals surface area contributed by atoms with Crippen molar-refractivity contribution in [2.45, 2.75) is 45.6 Å². The maximum absolute atomic E-state index is 6.00. The first-order valence-corrected chi connectivity index (χ1v) is 11.1. The second kappa shape index (κ2) is 8.42. The standard InChI is InChI=1S/C25H28N2OS/c1-25(2,3)19-11-13-20(14-12-19)28-16-7-15-27-23-10-5-4-9-22(23)26-24(27)18-21-8-6-17-29-21/h4-6,8-14,17H,7,15-16,18H2,1-3H3. The number of para-hydroxylation sites is 2. The third-order valence-corrected chi connectivity index (χ3v) is 6.04. The van der Waals surface area contributed by atoms with E-state index >= 15 is 0 Å². The van der Waals surface area contributed by atoms with E-state index in [0.717, 1.165) is 36.5 Å². The van der Waals surface area contributed by atoms with Gasteiger partial charge in [0.2, 0.25) is 0 Å². The molecule has 0 spiro atoms. The fraction of sp³-hybridized carbons (Fsp3) is 0.320. The van der Waals surface area contributed by atoms with E-state index in [1.165, 1.54) is 16.0 Å². The molecule has 3 nitrogen and oxygen atoms in total. The third-order valence-electron chi connectivity index (χ3n) is 5.16. The molecular weight excluding hydrogens is 376 g/mol. The van der Waals surface area contributed by atoms with Crippen LogP contribution in [0.25, 0.3) is 11.0 Å². The monoisotopic (exact) mass is 404 g/mol. The van der Waals surface area contributed by atoms with Gasteiger partial charge >= 0.3 is 0 Å². The Balaban J connectivity index is 1.41. The maximum Gasteiger partial charge on any atom is 0.119 e. The highest BCUT2D eigenvalue weighted by Gasteiger charge is 2.13. The molecule has 0 aliphatic carbocycles. The average Bonchev–Trinajstić information content (AvgIpc) is 3.33. The molecule has 2 aromatic heterocycles. The van der Waals surface area contributed by atoms with Crippen LogP contribution in [0, 0.1) is 0 Å². The van der Waals surface area contributed by atoms with Gasteiger partial charge in [0.15, 0.2) is 0 Å². The molecule has 0 amide bonds. The number of ether oxygens (including phenoxy) is 1. The minimum Gasteiger partial charge on any atom is -0.494 e. The molecule has 4 rings (SSSR count). The van der Waals surface area contributed by atoms with Crippen LogP contribution in [-0.4, -0.2) is 16.2 Å². The van der Waals surface area contributed by atoms with E-state index in [2.05, 4.69) is 91.4 Å². The van der Waals surface area contributed by atoms with Crippen LogP contribution in [0.2, 0.25) is 0 Å². The maximum atomic E-state index is 6.00. The van der Waals surface area contributed by atoms with Crippen LogP contribution in [0.3, 0.4) is 0 Å². The van der Waals surface area contributed by atoms with E-state index in [1.54, 1.807) is 11.3 Å². The summed E-state index contributed by atoms with van der Waals surface area (Å²) in [5, 5.41) is 2.13. The smallest absolute Gasteiger partial charge is 0.119 e. The van der Waals surface area contributed by atoms with Gasteiger partial charge in [0, 0.05) is 17.8 Å². The molecule has 4 heteroatoms. The highest BCUT2D eigenvalue weighted by Crippen LogP contribution is 2.25. The molecule has 0 atom stereocenters. The first-order chi connectivity index (χ1) is 14.0. The molecule has 0 saturated heterocycles. The Labute approximate surface area is 177 Å². The number of fused-ring (bicyclic) bond motifs is 1. The number of hydrogen-bond donors (Lipinski definition) is 0. The van der Waals surface area contributed by atoms with E-state index in [-0.39, 0.29) is 5.41 Å². The Bertz CT molecular complexity index is 1060. The molecule has 150 valence electrons. The first kappa shape index (κ1) is 19.7. The molecule has 0 bridgehead atoms. The van der Waals surface area contributed by atoms with Crippen LogP contribution in [-0.2, 0) is 18.4 Å². The van der Waals surface area contributed by atoms with Crippen LogP contribution in [0.1, 0.15) is 43.5 Å². The lowest BCUT2D eigenvalue weighted by Gasteiger charge is -2.19. The van der Waals surface area contributed by atoms with E-state index in [1.807, 2.05) is 0 Å². The number of rotatable bonds is 7. The van der Waals surface area contributed by atoms with Gasteiger partial charge in [-0.05, 0) is 53.1 Å². The number of nitrogens with zero attached hydrogens (tertiary/aromatic N) is 2. The van der Waals surface area contributed by atoms with Gasteiger partial charge in [0.05, 0.1) is 17.6 Å². The number of thiophene rings is 1. The van der Waals surface area contributed by atoms with Crippen molar-refractivity contribution in [1.82, 2.24) is 9.55 Å². The number of aromatic nitrogens is 2. The summed E-state index contributed by atoms with van der Waals surface area (Å²) in [6, 6.07) is 21.2. The molecule has 0 radical (unpaired) electrons. The summed E-state index contributed by atoms with van der Waals surface area (Å²) in [5.41, 5.74) is 3.76. The zero-order chi connectivity index (χ0) is 20.3. The molecule has 0 fully saturated rings. The zero-order valence-electron chi connectivity index (χ0n) is 17.4. The van der Waals surface area contributed by atoms with E-state index in [4.69, 9.17) is 9.72 Å². The Morgan fingerprint density at radius 1 is 0.966 bits per heavy atom. The Morgan fingerprint density at radius 2 is 1.76 bits per heavy atom. The number of hydrogen-bond acceptors (Lipinski definition) is 3. The van der Waals surface area contributed by atoms with Crippen molar-refractivity contribution in [2.24, 2.45) is 0 Å². The zero-order valence-corrected chi connectivity index (χ0v) is 18.2. The van der Waals surface area contributed by atoms with Crippen molar-refractivity contribution in [3.05, 3.63) is 82.3 Å². The van der Waals surface area contributed by atoms with E-state index < -0.39 is 0 Å². The molecule has 0 unspecified atom stereocenters. The summed E-state index contributed by atoms with van der Waals surface area (Å²) < 4.78 is 8.35. The Kier molecular flexibility index (Phi) is 5.72. The summed E-state index contributed by atoms with van der Waals surface area (Å²) in [4.78, 5) is 6.23. The summed E-state index contributed by atoms with van der Waals surface area (Å²) in [5.74, 6) is 2.07. The van der Waals surface area contributed by atoms with Gasteiger partial charge in [-0.3, -0.25) is 0 Å². The first-order valence-electron chi connectivity index (χ1n) is 10.2. The summed E-state index contributed by atoms with van der Waals surface area (Å²) in [6.07, 6.45) is 1.82. The van der Waals surface area contributed by atoms with Crippen molar-refractivity contribution in [1.29, 1.82) is 0 Å². The van der Waals surface area contributed by atoms with Gasteiger partial charge < -0.3 is 9.30 Å². The summed E-state index contributed by atoms with van der Waals surface area (Å²) >= 11 is 1.79. The van der Waals surface area contributed by atoms with Crippen molar-refractivity contribution in [3.63, 3.8) is 0 Å². The molecule has 2 heterocycles. The number of imidazole rings is 1. The third kappa shape index (κ3) is 4.70. The molecular formula is C25H28N2OS. The van der Waals surface area contributed by atoms with Crippen molar-refractivity contribution in [2.75, 3.05) is 6.61 Å². The van der Waals surface area contributed by atoms with Crippen molar-refractivity contribution in [3.8, 4) is 5.75 Å².